The number of hydrogen-bond donors (Lipinski definition) is 3. The summed E-state index contributed by atoms with van der Waals surface area (Å²) in [4.78, 5) is 34.9. The van der Waals surface area contributed by atoms with Gasteiger partial charge in [0.25, 0.3) is 11.5 Å². The predicted octanol–water partition coefficient (Wildman–Crippen LogP) is 3.44. The number of hydrogen-bond acceptors (Lipinski definition) is 6. The van der Waals surface area contributed by atoms with Gasteiger partial charge in [-0.25, -0.2) is 4.89 Å². The van der Waals surface area contributed by atoms with Gasteiger partial charge in [0.05, 0.1) is 35.0 Å². The van der Waals surface area contributed by atoms with Crippen molar-refractivity contribution in [3.8, 4) is 11.1 Å². The van der Waals surface area contributed by atoms with Crippen LogP contribution >= 0.6 is 11.6 Å². The number of alkyl halides is 3. The Labute approximate surface area is 212 Å². The second-order valence-electron chi connectivity index (χ2n) is 8.48. The summed E-state index contributed by atoms with van der Waals surface area (Å²) >= 11 is 6.45. The van der Waals surface area contributed by atoms with Gasteiger partial charge in [0.15, 0.2) is 0 Å². The Morgan fingerprint density at radius 3 is 2.65 bits per heavy atom. The van der Waals surface area contributed by atoms with E-state index in [1.807, 2.05) is 9.88 Å². The van der Waals surface area contributed by atoms with Crippen molar-refractivity contribution in [2.75, 3.05) is 32.8 Å². The Kier molecular flexibility index (Phi) is 7.97. The lowest BCUT2D eigenvalue weighted by Crippen LogP contribution is -2.56. The fourth-order valence-corrected chi connectivity index (χ4v) is 4.59. The Balaban J connectivity index is 1.46. The molecule has 1 aromatic carbocycles. The number of benzene rings is 1. The molecule has 1 aliphatic rings. The van der Waals surface area contributed by atoms with Gasteiger partial charge in [-0.15, -0.1) is 0 Å². The highest BCUT2D eigenvalue weighted by molar-refractivity contribution is 6.36. The molecule has 1 atom stereocenters. The lowest BCUT2D eigenvalue weighted by Gasteiger charge is -2.41. The first-order chi connectivity index (χ1) is 17.6. The average molecular weight is 544 g/mol. The van der Waals surface area contributed by atoms with E-state index in [-0.39, 0.29) is 54.4 Å². The van der Waals surface area contributed by atoms with Gasteiger partial charge in [-0.2, -0.15) is 22.7 Å². The van der Waals surface area contributed by atoms with Gasteiger partial charge >= 0.3 is 6.18 Å². The van der Waals surface area contributed by atoms with Crippen LogP contribution in [0.2, 0.25) is 5.02 Å². The lowest BCUT2D eigenvalue weighted by molar-refractivity contribution is -0.253. The summed E-state index contributed by atoms with van der Waals surface area (Å²) in [5.41, 5.74) is -1.21. The van der Waals surface area contributed by atoms with Crippen LogP contribution in [0.15, 0.2) is 41.3 Å². The monoisotopic (exact) mass is 543 g/mol. The largest absolute Gasteiger partial charge is 0.431 e. The van der Waals surface area contributed by atoms with Crippen LogP contribution < -0.4 is 5.56 Å². The number of aromatic nitrogens is 3. The lowest BCUT2D eigenvalue weighted by atomic mass is 10.0. The summed E-state index contributed by atoms with van der Waals surface area (Å²) in [5, 5.41) is 14.9. The van der Waals surface area contributed by atoms with E-state index >= 15 is 0 Å². The number of rotatable bonds is 7. The van der Waals surface area contributed by atoms with E-state index in [0.717, 1.165) is 12.1 Å². The normalized spacial score (nSPS) is 16.8. The fraction of sp³-hybridized carbons (Fsp3) is 0.348. The number of nitrogens with zero attached hydrogens (tertiary/aromatic N) is 3. The molecule has 0 radical (unpaired) electrons. The molecule has 198 valence electrons. The third-order valence-corrected chi connectivity index (χ3v) is 6.64. The fourth-order valence-electron chi connectivity index (χ4n) is 4.28. The topological polar surface area (TPSA) is 115 Å². The van der Waals surface area contributed by atoms with E-state index in [0.29, 0.717) is 12.1 Å². The minimum atomic E-state index is -4.65. The van der Waals surface area contributed by atoms with Gasteiger partial charge in [-0.1, -0.05) is 29.8 Å². The second kappa shape index (κ2) is 11.0. The van der Waals surface area contributed by atoms with Crippen molar-refractivity contribution in [3.05, 3.63) is 74.7 Å². The van der Waals surface area contributed by atoms with Crippen molar-refractivity contribution in [2.24, 2.45) is 0 Å². The zero-order valence-electron chi connectivity index (χ0n) is 19.2. The third-order valence-electron chi connectivity index (χ3n) is 6.24. The maximum atomic E-state index is 14.0. The Bertz CT molecular complexity index is 1330. The third kappa shape index (κ3) is 5.85. The molecule has 0 bridgehead atoms. The van der Waals surface area contributed by atoms with Crippen molar-refractivity contribution < 1.29 is 32.5 Å². The molecule has 37 heavy (non-hydrogen) atoms. The minimum absolute atomic E-state index is 0.0618. The van der Waals surface area contributed by atoms with Crippen LogP contribution in [0.1, 0.15) is 21.6 Å². The molecule has 1 unspecified atom stereocenters. The summed E-state index contributed by atoms with van der Waals surface area (Å²) in [5.74, 6) is -1.09. The maximum absolute atomic E-state index is 14.0. The first-order valence-electron chi connectivity index (χ1n) is 11.2. The molecule has 0 aliphatic carbocycles. The first kappa shape index (κ1) is 26.8. The average Bonchev–Trinajstić information content (AvgIpc) is 3.28. The zero-order valence-corrected chi connectivity index (χ0v) is 19.9. The molecule has 1 amide bonds. The summed E-state index contributed by atoms with van der Waals surface area (Å²) in [6, 6.07) is 6.15. The molecule has 1 saturated heterocycles. The summed E-state index contributed by atoms with van der Waals surface area (Å²) < 4.78 is 52.4. The van der Waals surface area contributed by atoms with Crippen LogP contribution in [0, 0.1) is 5.95 Å². The van der Waals surface area contributed by atoms with Crippen molar-refractivity contribution in [2.45, 2.75) is 18.6 Å². The maximum Gasteiger partial charge on any atom is 0.431 e. The number of H-pyrrole nitrogens is 2. The highest BCUT2D eigenvalue weighted by atomic mass is 35.5. The molecule has 3 N–H and O–H groups in total. The van der Waals surface area contributed by atoms with E-state index in [1.54, 1.807) is 12.1 Å². The smallest absolute Gasteiger partial charge is 0.336 e. The van der Waals surface area contributed by atoms with Crippen molar-refractivity contribution in [1.29, 1.82) is 0 Å². The van der Waals surface area contributed by atoms with E-state index in [2.05, 4.69) is 15.1 Å². The molecule has 2 aromatic heterocycles. The van der Waals surface area contributed by atoms with Crippen LogP contribution in [-0.2, 0) is 17.5 Å². The van der Waals surface area contributed by atoms with Gasteiger partial charge in [0, 0.05) is 37.3 Å². The SMILES string of the molecule is O=C(c1cccc(-c2cn[nH]c2F)c1Cl)N1CCN(CCc2ccc(C(F)(F)F)[nH]c2=O)C(COO)C1. The van der Waals surface area contributed by atoms with Crippen LogP contribution in [0.25, 0.3) is 11.1 Å². The van der Waals surface area contributed by atoms with E-state index in [1.165, 1.54) is 17.2 Å². The molecular formula is C23H22ClF4N5O4. The highest BCUT2D eigenvalue weighted by Gasteiger charge is 2.33. The minimum Gasteiger partial charge on any atom is -0.336 e. The van der Waals surface area contributed by atoms with Gasteiger partial charge in [0.1, 0.15) is 5.69 Å². The van der Waals surface area contributed by atoms with Crippen LogP contribution in [-0.4, -0.2) is 75.0 Å². The Morgan fingerprint density at radius 2 is 2.00 bits per heavy atom. The quantitative estimate of drug-likeness (QED) is 0.239. The highest BCUT2D eigenvalue weighted by Crippen LogP contribution is 2.32. The standard InChI is InChI=1S/C23H22ClF4N5O4/c24-19-15(17-10-29-31-20(17)25)2-1-3-16(19)22(35)33-9-8-32(14(11-33)12-37-36)7-6-13-4-5-18(23(26,27)28)30-21(13)34/h1-5,10,14,36H,6-9,11-12H2,(H,29,31)(H,30,34). The van der Waals surface area contributed by atoms with E-state index in [9.17, 15) is 27.2 Å². The number of aromatic amines is 2. The zero-order chi connectivity index (χ0) is 26.7. The van der Waals surface area contributed by atoms with E-state index < -0.39 is 35.3 Å². The molecule has 0 saturated carbocycles. The van der Waals surface area contributed by atoms with Crippen molar-refractivity contribution in [3.63, 3.8) is 0 Å². The molecule has 0 spiro atoms. The molecule has 3 aromatic rings. The molecule has 3 heterocycles. The predicted molar refractivity (Wildman–Crippen MR) is 125 cm³/mol. The van der Waals surface area contributed by atoms with Gasteiger partial charge in [0.2, 0.25) is 5.95 Å². The summed E-state index contributed by atoms with van der Waals surface area (Å²) in [6.45, 7) is 0.877. The number of nitrogens with one attached hydrogen (secondary N) is 2. The first-order valence-corrected chi connectivity index (χ1v) is 11.5. The molecule has 14 heteroatoms. The van der Waals surface area contributed by atoms with Crippen LogP contribution in [0.3, 0.4) is 0 Å². The number of halogens is 5. The summed E-state index contributed by atoms with van der Waals surface area (Å²) in [6.07, 6.45) is -3.24. The van der Waals surface area contributed by atoms with E-state index in [4.69, 9.17) is 16.9 Å². The molecule has 1 aliphatic heterocycles. The Hall–Kier alpha value is -3.26. The van der Waals surface area contributed by atoms with Gasteiger partial charge in [-0.3, -0.25) is 24.8 Å². The van der Waals surface area contributed by atoms with Crippen LogP contribution in [0.4, 0.5) is 17.6 Å². The number of pyridine rings is 1. The molecular weight excluding hydrogens is 522 g/mol. The summed E-state index contributed by atoms with van der Waals surface area (Å²) in [7, 11) is 0. The Morgan fingerprint density at radius 1 is 1.22 bits per heavy atom. The molecule has 1 fully saturated rings. The van der Waals surface area contributed by atoms with Gasteiger partial charge < -0.3 is 9.88 Å². The second-order valence-corrected chi connectivity index (χ2v) is 8.85. The van der Waals surface area contributed by atoms with Crippen LogP contribution in [0.5, 0.6) is 0 Å². The van der Waals surface area contributed by atoms with Crippen molar-refractivity contribution >= 4 is 17.5 Å². The molecule has 9 nitrogen and oxygen atoms in total. The number of carbonyl (C=O) groups is 1. The number of amides is 1. The number of piperazine rings is 1. The number of carbonyl (C=O) groups excluding carboxylic acids is 1. The van der Waals surface area contributed by atoms with Crippen molar-refractivity contribution in [1.82, 2.24) is 25.0 Å². The molecule has 4 rings (SSSR count). The van der Waals surface area contributed by atoms with Gasteiger partial charge in [-0.05, 0) is 18.6 Å².